The molecule has 0 saturated carbocycles. The van der Waals surface area contributed by atoms with Gasteiger partial charge in [0.05, 0.1) is 5.69 Å². The molecule has 8 heteroatoms. The largest absolute Gasteiger partial charge is 0.381 e. The molecule has 4 heterocycles. The Balaban J connectivity index is 1.24. The highest BCUT2D eigenvalue weighted by molar-refractivity contribution is 5.92. The summed E-state index contributed by atoms with van der Waals surface area (Å²) < 4.78 is 12.5. The third kappa shape index (κ3) is 4.27. The van der Waals surface area contributed by atoms with Crippen LogP contribution in [0.25, 0.3) is 0 Å². The van der Waals surface area contributed by atoms with Gasteiger partial charge in [0.1, 0.15) is 5.69 Å². The standard InChI is InChI=1S/C20H29N5O3/c1-14-13-17(24(2)22-14)20(26)25-9-5-15(6-10-25)3-4-18-21-19(28-23-18)16-7-11-27-12-8-16/h13,15-16H,3-12H2,1-2H3. The molecule has 1 amide bonds. The molecule has 0 unspecified atom stereocenters. The second-order valence-corrected chi connectivity index (χ2v) is 8.00. The predicted molar refractivity (Wildman–Crippen MR) is 102 cm³/mol. The lowest BCUT2D eigenvalue weighted by Crippen LogP contribution is -2.39. The fraction of sp³-hybridized carbons (Fsp3) is 0.700. The lowest BCUT2D eigenvalue weighted by Gasteiger charge is -2.31. The van der Waals surface area contributed by atoms with Crippen molar-refractivity contribution in [1.29, 1.82) is 0 Å². The van der Waals surface area contributed by atoms with Crippen LogP contribution in [0.4, 0.5) is 0 Å². The highest BCUT2D eigenvalue weighted by atomic mass is 16.5. The number of aryl methyl sites for hydroxylation is 3. The fourth-order valence-corrected chi connectivity index (χ4v) is 4.21. The first-order chi connectivity index (χ1) is 13.6. The third-order valence-electron chi connectivity index (χ3n) is 5.95. The minimum absolute atomic E-state index is 0.0841. The predicted octanol–water partition coefficient (Wildman–Crippen LogP) is 2.49. The van der Waals surface area contributed by atoms with Crippen molar-refractivity contribution in [2.45, 2.75) is 51.4 Å². The van der Waals surface area contributed by atoms with E-state index in [-0.39, 0.29) is 5.91 Å². The van der Waals surface area contributed by atoms with E-state index in [2.05, 4.69) is 15.2 Å². The summed E-state index contributed by atoms with van der Waals surface area (Å²) in [5.41, 5.74) is 1.55. The van der Waals surface area contributed by atoms with Gasteiger partial charge in [0.2, 0.25) is 5.89 Å². The molecule has 2 aliphatic heterocycles. The van der Waals surface area contributed by atoms with E-state index in [9.17, 15) is 4.79 Å². The van der Waals surface area contributed by atoms with Gasteiger partial charge in [-0.3, -0.25) is 9.48 Å². The molecule has 0 radical (unpaired) electrons. The molecule has 152 valence electrons. The number of nitrogens with zero attached hydrogens (tertiary/aromatic N) is 5. The van der Waals surface area contributed by atoms with Gasteiger partial charge in [-0.1, -0.05) is 5.16 Å². The van der Waals surface area contributed by atoms with Crippen LogP contribution in [0.5, 0.6) is 0 Å². The zero-order valence-corrected chi connectivity index (χ0v) is 16.8. The Morgan fingerprint density at radius 2 is 1.96 bits per heavy atom. The zero-order chi connectivity index (χ0) is 19.5. The van der Waals surface area contributed by atoms with Crippen LogP contribution in [-0.4, -0.2) is 57.0 Å². The molecule has 2 fully saturated rings. The fourth-order valence-electron chi connectivity index (χ4n) is 4.21. The Morgan fingerprint density at radius 1 is 1.21 bits per heavy atom. The molecular formula is C20H29N5O3. The van der Waals surface area contributed by atoms with Crippen LogP contribution in [0, 0.1) is 12.8 Å². The lowest BCUT2D eigenvalue weighted by atomic mass is 9.92. The lowest BCUT2D eigenvalue weighted by molar-refractivity contribution is 0.0675. The second kappa shape index (κ2) is 8.43. The maximum atomic E-state index is 12.7. The van der Waals surface area contributed by atoms with Gasteiger partial charge in [-0.15, -0.1) is 0 Å². The summed E-state index contributed by atoms with van der Waals surface area (Å²) in [5, 5.41) is 8.45. The van der Waals surface area contributed by atoms with Crippen LogP contribution in [0.1, 0.15) is 65.9 Å². The van der Waals surface area contributed by atoms with E-state index in [4.69, 9.17) is 9.26 Å². The van der Waals surface area contributed by atoms with Crippen molar-refractivity contribution < 1.29 is 14.1 Å². The number of rotatable bonds is 5. The SMILES string of the molecule is Cc1cc(C(=O)N2CCC(CCc3noc(C4CCOCC4)n3)CC2)n(C)n1. The second-order valence-electron chi connectivity index (χ2n) is 8.00. The molecule has 0 N–H and O–H groups in total. The number of carbonyl (C=O) groups excluding carboxylic acids is 1. The topological polar surface area (TPSA) is 86.3 Å². The Morgan fingerprint density at radius 3 is 2.64 bits per heavy atom. The summed E-state index contributed by atoms with van der Waals surface area (Å²) >= 11 is 0. The summed E-state index contributed by atoms with van der Waals surface area (Å²) in [6.07, 6.45) is 5.85. The molecule has 4 rings (SSSR count). The van der Waals surface area contributed by atoms with Crippen molar-refractivity contribution in [2.75, 3.05) is 26.3 Å². The molecule has 0 spiro atoms. The van der Waals surface area contributed by atoms with E-state index in [1.165, 1.54) is 0 Å². The third-order valence-corrected chi connectivity index (χ3v) is 5.95. The average molecular weight is 387 g/mol. The van der Waals surface area contributed by atoms with Gasteiger partial charge in [0.25, 0.3) is 5.91 Å². The van der Waals surface area contributed by atoms with Gasteiger partial charge in [0, 0.05) is 45.7 Å². The van der Waals surface area contributed by atoms with Crippen molar-refractivity contribution in [3.05, 3.63) is 29.2 Å². The van der Waals surface area contributed by atoms with Crippen molar-refractivity contribution >= 4 is 5.91 Å². The molecule has 0 aromatic carbocycles. The minimum Gasteiger partial charge on any atom is -0.381 e. The van der Waals surface area contributed by atoms with Gasteiger partial charge in [-0.05, 0) is 51.0 Å². The summed E-state index contributed by atoms with van der Waals surface area (Å²) in [6.45, 7) is 5.06. The summed E-state index contributed by atoms with van der Waals surface area (Å²) in [5.74, 6) is 2.61. The molecule has 0 bridgehead atoms. The van der Waals surface area contributed by atoms with E-state index in [0.717, 1.165) is 82.2 Å². The highest BCUT2D eigenvalue weighted by Gasteiger charge is 2.26. The maximum absolute atomic E-state index is 12.7. The molecule has 2 aromatic heterocycles. The van der Waals surface area contributed by atoms with Gasteiger partial charge in [0.15, 0.2) is 5.82 Å². The van der Waals surface area contributed by atoms with Crippen LogP contribution in [0.15, 0.2) is 10.6 Å². The van der Waals surface area contributed by atoms with Gasteiger partial charge >= 0.3 is 0 Å². The molecule has 0 aliphatic carbocycles. The Hall–Kier alpha value is -2.22. The number of hydrogen-bond donors (Lipinski definition) is 0. The first-order valence-electron chi connectivity index (χ1n) is 10.3. The van der Waals surface area contributed by atoms with Crippen LogP contribution < -0.4 is 0 Å². The monoisotopic (exact) mass is 387 g/mol. The zero-order valence-electron chi connectivity index (χ0n) is 16.8. The number of amides is 1. The number of aromatic nitrogens is 4. The number of likely N-dealkylation sites (tertiary alicyclic amines) is 1. The van der Waals surface area contributed by atoms with Crippen LogP contribution in [-0.2, 0) is 18.2 Å². The summed E-state index contributed by atoms with van der Waals surface area (Å²) in [6, 6.07) is 1.86. The molecule has 2 aliphatic rings. The van der Waals surface area contributed by atoms with Gasteiger partial charge in [-0.25, -0.2) is 0 Å². The molecular weight excluding hydrogens is 358 g/mol. The first kappa shape index (κ1) is 19.1. The van der Waals surface area contributed by atoms with Crippen LogP contribution in [0.2, 0.25) is 0 Å². The molecule has 2 aromatic rings. The first-order valence-corrected chi connectivity index (χ1v) is 10.3. The number of piperidine rings is 1. The van der Waals surface area contributed by atoms with E-state index < -0.39 is 0 Å². The Labute approximate surface area is 165 Å². The van der Waals surface area contributed by atoms with Crippen molar-refractivity contribution in [3.8, 4) is 0 Å². The number of ether oxygens (including phenoxy) is 1. The molecule has 8 nitrogen and oxygen atoms in total. The number of hydrogen-bond acceptors (Lipinski definition) is 6. The van der Waals surface area contributed by atoms with Gasteiger partial charge in [-0.2, -0.15) is 10.1 Å². The minimum atomic E-state index is 0.0841. The normalized spacial score (nSPS) is 19.3. The summed E-state index contributed by atoms with van der Waals surface area (Å²) in [4.78, 5) is 19.3. The van der Waals surface area contributed by atoms with E-state index in [0.29, 0.717) is 17.5 Å². The van der Waals surface area contributed by atoms with E-state index >= 15 is 0 Å². The van der Waals surface area contributed by atoms with Crippen LogP contribution >= 0.6 is 0 Å². The Bertz CT molecular complexity index is 801. The average Bonchev–Trinajstić information content (AvgIpc) is 3.33. The van der Waals surface area contributed by atoms with Gasteiger partial charge < -0.3 is 14.2 Å². The van der Waals surface area contributed by atoms with E-state index in [1.54, 1.807) is 4.68 Å². The van der Waals surface area contributed by atoms with Crippen LogP contribution in [0.3, 0.4) is 0 Å². The van der Waals surface area contributed by atoms with Crippen molar-refractivity contribution in [2.24, 2.45) is 13.0 Å². The smallest absolute Gasteiger partial charge is 0.272 e. The highest BCUT2D eigenvalue weighted by Crippen LogP contribution is 2.27. The molecule has 28 heavy (non-hydrogen) atoms. The Kier molecular flexibility index (Phi) is 5.75. The maximum Gasteiger partial charge on any atom is 0.272 e. The molecule has 2 saturated heterocycles. The van der Waals surface area contributed by atoms with E-state index in [1.807, 2.05) is 24.9 Å². The quantitative estimate of drug-likeness (QED) is 0.783. The van der Waals surface area contributed by atoms with Crippen molar-refractivity contribution in [1.82, 2.24) is 24.8 Å². The number of carbonyl (C=O) groups is 1. The summed E-state index contributed by atoms with van der Waals surface area (Å²) in [7, 11) is 1.83. The molecule has 0 atom stereocenters. The van der Waals surface area contributed by atoms with Crippen molar-refractivity contribution in [3.63, 3.8) is 0 Å².